The van der Waals surface area contributed by atoms with Gasteiger partial charge in [0.1, 0.15) is 4.70 Å². The van der Waals surface area contributed by atoms with Gasteiger partial charge in [-0.15, -0.1) is 11.3 Å². The number of aromatic nitrogens is 2. The molecule has 1 aliphatic heterocycles. The Morgan fingerprint density at radius 1 is 1.18 bits per heavy atom. The fraction of sp³-hybridized carbons (Fsp3) is 0.296. The highest BCUT2D eigenvalue weighted by Crippen LogP contribution is 2.32. The van der Waals surface area contributed by atoms with Crippen molar-refractivity contribution in [3.05, 3.63) is 81.5 Å². The molecule has 0 aliphatic carbocycles. The van der Waals surface area contributed by atoms with Crippen LogP contribution in [-0.2, 0) is 4.79 Å². The summed E-state index contributed by atoms with van der Waals surface area (Å²) in [4.78, 5) is 35.8. The highest BCUT2D eigenvalue weighted by atomic mass is 32.1. The molecular weight excluding hydrogens is 444 g/mol. The summed E-state index contributed by atoms with van der Waals surface area (Å²) in [6.07, 6.45) is 1.69. The molecule has 7 heteroatoms. The summed E-state index contributed by atoms with van der Waals surface area (Å²) in [5.41, 5.74) is 4.88. The number of hydrogen-bond acceptors (Lipinski definition) is 5. The lowest BCUT2D eigenvalue weighted by atomic mass is 9.96. The Balaban J connectivity index is 1.38. The molecule has 174 valence electrons. The first kappa shape index (κ1) is 22.3. The molecule has 0 spiro atoms. The molecule has 34 heavy (non-hydrogen) atoms. The van der Waals surface area contributed by atoms with Crippen LogP contribution in [0.5, 0.6) is 0 Å². The largest absolute Gasteiger partial charge is 0.349 e. The van der Waals surface area contributed by atoms with Crippen molar-refractivity contribution in [2.24, 2.45) is 5.92 Å². The van der Waals surface area contributed by atoms with E-state index in [-0.39, 0.29) is 23.4 Å². The van der Waals surface area contributed by atoms with Crippen LogP contribution in [0.2, 0.25) is 0 Å². The lowest BCUT2D eigenvalue weighted by molar-refractivity contribution is -0.125. The van der Waals surface area contributed by atoms with Crippen LogP contribution >= 0.6 is 11.3 Å². The zero-order chi connectivity index (χ0) is 23.7. The van der Waals surface area contributed by atoms with Crippen molar-refractivity contribution in [1.82, 2.24) is 15.3 Å². The van der Waals surface area contributed by atoms with E-state index in [1.54, 1.807) is 0 Å². The summed E-state index contributed by atoms with van der Waals surface area (Å²) in [7, 11) is 0. The Hall–Kier alpha value is -3.45. The Morgan fingerprint density at radius 2 is 1.94 bits per heavy atom. The summed E-state index contributed by atoms with van der Waals surface area (Å²) in [5.74, 6) is 0.429. The van der Waals surface area contributed by atoms with Crippen molar-refractivity contribution < 1.29 is 4.79 Å². The second-order valence-corrected chi connectivity index (χ2v) is 9.89. The van der Waals surface area contributed by atoms with Gasteiger partial charge in [-0.25, -0.2) is 4.98 Å². The number of amides is 1. The number of nitrogens with zero attached hydrogens (tertiary/aromatic N) is 2. The quantitative estimate of drug-likeness (QED) is 0.426. The predicted octanol–water partition coefficient (Wildman–Crippen LogP) is 5.05. The SMILES string of the molecule is Cc1ccc(-c2csc3c(=O)[nH]c(N4CCC[C@H](C(=O)N[C@@H](C)c5ccccc5)C4)nc23)cc1. The first-order valence-corrected chi connectivity index (χ1v) is 12.6. The molecule has 1 aliphatic rings. The summed E-state index contributed by atoms with van der Waals surface area (Å²) >= 11 is 1.42. The number of aromatic amines is 1. The number of piperidine rings is 1. The molecular formula is C27H28N4O2S. The first-order valence-electron chi connectivity index (χ1n) is 11.7. The molecule has 3 heterocycles. The summed E-state index contributed by atoms with van der Waals surface area (Å²) < 4.78 is 0.627. The molecule has 2 aromatic heterocycles. The van der Waals surface area contributed by atoms with Crippen LogP contribution in [0.4, 0.5) is 5.95 Å². The molecule has 2 N–H and O–H groups in total. The summed E-state index contributed by atoms with van der Waals surface area (Å²) in [6, 6.07) is 18.2. The molecule has 0 unspecified atom stereocenters. The maximum Gasteiger partial charge on any atom is 0.270 e. The van der Waals surface area contributed by atoms with Crippen LogP contribution in [0.15, 0.2) is 64.8 Å². The number of carbonyl (C=O) groups excluding carboxylic acids is 1. The molecule has 2 aromatic carbocycles. The topological polar surface area (TPSA) is 78.1 Å². The smallest absolute Gasteiger partial charge is 0.270 e. The second kappa shape index (κ2) is 9.43. The van der Waals surface area contributed by atoms with Gasteiger partial charge in [0.25, 0.3) is 5.56 Å². The number of benzene rings is 2. The maximum atomic E-state index is 13.0. The van der Waals surface area contributed by atoms with Crippen LogP contribution in [0, 0.1) is 12.8 Å². The number of aryl methyl sites for hydroxylation is 1. The van der Waals surface area contributed by atoms with Gasteiger partial charge in [0.2, 0.25) is 11.9 Å². The van der Waals surface area contributed by atoms with Gasteiger partial charge in [0, 0.05) is 24.0 Å². The van der Waals surface area contributed by atoms with E-state index in [1.807, 2.05) is 47.5 Å². The normalized spacial score (nSPS) is 17.0. The van der Waals surface area contributed by atoms with Gasteiger partial charge >= 0.3 is 0 Å². The first-order chi connectivity index (χ1) is 16.5. The molecule has 1 saturated heterocycles. The lowest BCUT2D eigenvalue weighted by Crippen LogP contribution is -2.44. The molecule has 0 bridgehead atoms. The minimum Gasteiger partial charge on any atom is -0.349 e. The molecule has 1 amide bonds. The van der Waals surface area contributed by atoms with E-state index >= 15 is 0 Å². The molecule has 1 fully saturated rings. The molecule has 0 radical (unpaired) electrons. The number of anilines is 1. The number of nitrogens with one attached hydrogen (secondary N) is 2. The van der Waals surface area contributed by atoms with Crippen LogP contribution in [-0.4, -0.2) is 29.0 Å². The number of thiophene rings is 1. The van der Waals surface area contributed by atoms with Gasteiger partial charge in [0.15, 0.2) is 0 Å². The van der Waals surface area contributed by atoms with Gasteiger partial charge in [-0.3, -0.25) is 14.6 Å². The number of carbonyl (C=O) groups is 1. The summed E-state index contributed by atoms with van der Waals surface area (Å²) in [6.45, 7) is 5.35. The van der Waals surface area contributed by atoms with Crippen LogP contribution in [0.1, 0.15) is 36.9 Å². The van der Waals surface area contributed by atoms with E-state index in [1.165, 1.54) is 16.9 Å². The maximum absolute atomic E-state index is 13.0. The molecule has 0 saturated carbocycles. The van der Waals surface area contributed by atoms with Crippen LogP contribution in [0.3, 0.4) is 0 Å². The minimum atomic E-state index is -0.153. The third kappa shape index (κ3) is 4.48. The minimum absolute atomic E-state index is 0.0420. The van der Waals surface area contributed by atoms with Crippen LogP contribution < -0.4 is 15.8 Å². The van der Waals surface area contributed by atoms with E-state index < -0.39 is 0 Å². The molecule has 6 nitrogen and oxygen atoms in total. The third-order valence-electron chi connectivity index (χ3n) is 6.53. The van der Waals surface area contributed by atoms with Crippen molar-refractivity contribution >= 4 is 33.4 Å². The van der Waals surface area contributed by atoms with E-state index in [0.29, 0.717) is 17.2 Å². The van der Waals surface area contributed by atoms with Gasteiger partial charge in [0.05, 0.1) is 17.5 Å². The standard InChI is InChI=1S/C27H28N4O2S/c1-17-10-12-20(13-11-17)22-16-34-24-23(22)29-27(30-26(24)33)31-14-6-9-21(15-31)25(32)28-18(2)19-7-4-3-5-8-19/h3-5,7-8,10-13,16,18,21H,6,9,14-15H2,1-2H3,(H,28,32)(H,29,30,33)/t18-,21-/m0/s1. The van der Waals surface area contributed by atoms with Gasteiger partial charge in [-0.2, -0.15) is 0 Å². The van der Waals surface area contributed by atoms with E-state index in [4.69, 9.17) is 4.98 Å². The molecule has 4 aromatic rings. The van der Waals surface area contributed by atoms with Crippen LogP contribution in [0.25, 0.3) is 21.3 Å². The predicted molar refractivity (Wildman–Crippen MR) is 138 cm³/mol. The van der Waals surface area contributed by atoms with Crippen molar-refractivity contribution in [3.8, 4) is 11.1 Å². The lowest BCUT2D eigenvalue weighted by Gasteiger charge is -2.33. The zero-order valence-electron chi connectivity index (χ0n) is 19.4. The fourth-order valence-corrected chi connectivity index (χ4v) is 5.45. The average Bonchev–Trinajstić information content (AvgIpc) is 3.30. The fourth-order valence-electron chi connectivity index (χ4n) is 4.54. The Bertz CT molecular complexity index is 1360. The second-order valence-electron chi connectivity index (χ2n) is 9.01. The van der Waals surface area contributed by atoms with Crippen molar-refractivity contribution in [1.29, 1.82) is 0 Å². The number of rotatable bonds is 5. The Kier molecular flexibility index (Phi) is 6.20. The van der Waals surface area contributed by atoms with Crippen molar-refractivity contribution in [3.63, 3.8) is 0 Å². The van der Waals surface area contributed by atoms with Crippen molar-refractivity contribution in [2.45, 2.75) is 32.7 Å². The molecule has 2 atom stereocenters. The number of H-pyrrole nitrogens is 1. The van der Waals surface area contributed by atoms with E-state index in [0.717, 1.165) is 41.6 Å². The van der Waals surface area contributed by atoms with Gasteiger partial charge in [-0.05, 0) is 37.8 Å². The van der Waals surface area contributed by atoms with Gasteiger partial charge in [-0.1, -0.05) is 60.2 Å². The zero-order valence-corrected chi connectivity index (χ0v) is 20.2. The summed E-state index contributed by atoms with van der Waals surface area (Å²) in [5, 5.41) is 5.15. The van der Waals surface area contributed by atoms with Crippen molar-refractivity contribution in [2.75, 3.05) is 18.0 Å². The highest BCUT2D eigenvalue weighted by molar-refractivity contribution is 7.17. The molecule has 5 rings (SSSR count). The Morgan fingerprint density at radius 3 is 2.71 bits per heavy atom. The Labute approximate surface area is 202 Å². The van der Waals surface area contributed by atoms with E-state index in [2.05, 4.69) is 41.5 Å². The van der Waals surface area contributed by atoms with Gasteiger partial charge < -0.3 is 10.2 Å². The number of fused-ring (bicyclic) bond motifs is 1. The average molecular weight is 473 g/mol. The highest BCUT2D eigenvalue weighted by Gasteiger charge is 2.28. The monoisotopic (exact) mass is 472 g/mol. The number of hydrogen-bond donors (Lipinski definition) is 2. The third-order valence-corrected chi connectivity index (χ3v) is 7.49. The van der Waals surface area contributed by atoms with E-state index in [9.17, 15) is 9.59 Å².